The summed E-state index contributed by atoms with van der Waals surface area (Å²) in [6.45, 7) is 5.60. The molecule has 0 fully saturated rings. The second-order valence-electron chi connectivity index (χ2n) is 10.7. The Kier molecular flexibility index (Phi) is 8.83. The number of pyridine rings is 1. The van der Waals surface area contributed by atoms with Crippen molar-refractivity contribution < 1.29 is 29.3 Å². The quantitative estimate of drug-likeness (QED) is 0.327. The van der Waals surface area contributed by atoms with Crippen molar-refractivity contribution in [1.82, 2.24) is 4.98 Å². The average molecular weight is 534 g/mol. The van der Waals surface area contributed by atoms with E-state index < -0.39 is 18.8 Å². The van der Waals surface area contributed by atoms with Crippen molar-refractivity contribution in [2.75, 3.05) is 23.8 Å². The van der Waals surface area contributed by atoms with Crippen LogP contribution in [0.3, 0.4) is 0 Å². The highest BCUT2D eigenvalue weighted by Crippen LogP contribution is 2.32. The van der Waals surface area contributed by atoms with Crippen LogP contribution >= 0.6 is 0 Å². The number of anilines is 2. The van der Waals surface area contributed by atoms with Gasteiger partial charge in [0.1, 0.15) is 30.0 Å². The van der Waals surface area contributed by atoms with Gasteiger partial charge >= 0.3 is 6.09 Å². The van der Waals surface area contributed by atoms with Gasteiger partial charge in [-0.05, 0) is 71.7 Å². The highest BCUT2D eigenvalue weighted by atomic mass is 16.6. The van der Waals surface area contributed by atoms with Crippen molar-refractivity contribution in [2.45, 2.75) is 51.6 Å². The van der Waals surface area contributed by atoms with E-state index in [1.54, 1.807) is 12.1 Å². The molecule has 1 aliphatic rings. The van der Waals surface area contributed by atoms with Gasteiger partial charge in [0.05, 0.1) is 6.61 Å². The Morgan fingerprint density at radius 1 is 1.05 bits per heavy atom. The summed E-state index contributed by atoms with van der Waals surface area (Å²) in [5.41, 5.74) is 4.25. The third kappa shape index (κ3) is 7.78. The number of hydrogen-bond donors (Lipinski definition) is 4. The monoisotopic (exact) mass is 533 g/mol. The molecule has 2 aromatic carbocycles. The molecule has 4 N–H and O–H groups in total. The van der Waals surface area contributed by atoms with E-state index >= 15 is 0 Å². The minimum atomic E-state index is -1.15. The second kappa shape index (κ2) is 12.3. The fourth-order valence-electron chi connectivity index (χ4n) is 4.37. The molecule has 3 aromatic rings. The van der Waals surface area contributed by atoms with E-state index in [9.17, 15) is 14.7 Å². The van der Waals surface area contributed by atoms with Crippen LogP contribution in [0.5, 0.6) is 11.5 Å². The van der Waals surface area contributed by atoms with Crippen LogP contribution in [0, 0.1) is 5.92 Å². The lowest BCUT2D eigenvalue weighted by molar-refractivity contribution is -0.120. The number of aliphatic hydroxyl groups is 2. The Morgan fingerprint density at radius 2 is 1.85 bits per heavy atom. The number of aromatic nitrogens is 1. The number of hydrogen-bond acceptors (Lipinski definition) is 7. The molecule has 0 saturated carbocycles. The first-order chi connectivity index (χ1) is 18.6. The first-order valence-corrected chi connectivity index (χ1v) is 13.0. The summed E-state index contributed by atoms with van der Waals surface area (Å²) < 4.78 is 10.8. The Bertz CT molecular complexity index is 1320. The van der Waals surface area contributed by atoms with Crippen molar-refractivity contribution in [3.05, 3.63) is 77.5 Å². The first kappa shape index (κ1) is 28.1. The maximum atomic E-state index is 13.1. The summed E-state index contributed by atoms with van der Waals surface area (Å²) in [4.78, 5) is 29.1. The van der Waals surface area contributed by atoms with E-state index in [0.29, 0.717) is 17.9 Å². The summed E-state index contributed by atoms with van der Waals surface area (Å²) in [5.74, 6) is 1.15. The standard InChI is InChI=1S/C30H35N3O6/c1-30(2,3)22-5-4-6-23(15-22)32-28(36)20-8-7-19-9-10-25(14-21(19)13-20)39-26-11-12-31-27(16-26)33-29(37)38-18-24(35)17-34/h4-6,9-12,14-16,20,24,34-35H,7-8,13,17-18H2,1-3H3,(H,32,36)(H,31,33,37). The number of rotatable bonds is 8. The molecule has 2 unspecified atom stereocenters. The number of benzene rings is 2. The van der Waals surface area contributed by atoms with E-state index in [-0.39, 0.29) is 29.7 Å². The Hall–Kier alpha value is -3.95. The summed E-state index contributed by atoms with van der Waals surface area (Å²) in [6.07, 6.45) is 1.74. The predicted molar refractivity (Wildman–Crippen MR) is 148 cm³/mol. The summed E-state index contributed by atoms with van der Waals surface area (Å²) in [7, 11) is 0. The van der Waals surface area contributed by atoms with Gasteiger partial charge in [0.2, 0.25) is 5.91 Å². The molecule has 1 aromatic heterocycles. The lowest BCUT2D eigenvalue weighted by Crippen LogP contribution is -2.28. The molecule has 0 spiro atoms. The van der Waals surface area contributed by atoms with E-state index in [1.807, 2.05) is 36.4 Å². The fraction of sp³-hybridized carbons (Fsp3) is 0.367. The molecule has 0 bridgehead atoms. The molecule has 39 heavy (non-hydrogen) atoms. The van der Waals surface area contributed by atoms with Crippen molar-refractivity contribution in [2.24, 2.45) is 5.92 Å². The smallest absolute Gasteiger partial charge is 0.412 e. The molecule has 9 nitrogen and oxygen atoms in total. The van der Waals surface area contributed by atoms with Gasteiger partial charge in [-0.15, -0.1) is 0 Å². The van der Waals surface area contributed by atoms with Crippen LogP contribution in [0.25, 0.3) is 0 Å². The third-order valence-corrected chi connectivity index (χ3v) is 6.59. The highest BCUT2D eigenvalue weighted by Gasteiger charge is 2.25. The predicted octanol–water partition coefficient (Wildman–Crippen LogP) is 4.82. The minimum Gasteiger partial charge on any atom is -0.457 e. The fourth-order valence-corrected chi connectivity index (χ4v) is 4.37. The molecule has 2 atom stereocenters. The van der Waals surface area contributed by atoms with E-state index in [0.717, 1.165) is 24.1 Å². The molecule has 1 heterocycles. The van der Waals surface area contributed by atoms with Gasteiger partial charge in [0.15, 0.2) is 0 Å². The van der Waals surface area contributed by atoms with Crippen LogP contribution in [-0.4, -0.2) is 46.5 Å². The number of fused-ring (bicyclic) bond motifs is 1. The molecule has 0 saturated heterocycles. The van der Waals surface area contributed by atoms with E-state index in [1.165, 1.54) is 17.3 Å². The maximum absolute atomic E-state index is 13.1. The van der Waals surface area contributed by atoms with Crippen LogP contribution in [0.2, 0.25) is 0 Å². The van der Waals surface area contributed by atoms with Crippen molar-refractivity contribution in [1.29, 1.82) is 0 Å². The second-order valence-corrected chi connectivity index (χ2v) is 10.7. The van der Waals surface area contributed by atoms with E-state index in [2.05, 4.69) is 42.5 Å². The Balaban J connectivity index is 1.38. The number of aryl methyl sites for hydroxylation is 1. The van der Waals surface area contributed by atoms with Gasteiger partial charge in [-0.25, -0.2) is 9.78 Å². The number of aliphatic hydroxyl groups excluding tert-OH is 2. The lowest BCUT2D eigenvalue weighted by atomic mass is 9.83. The zero-order chi connectivity index (χ0) is 28.0. The summed E-state index contributed by atoms with van der Waals surface area (Å²) in [6, 6.07) is 17.1. The summed E-state index contributed by atoms with van der Waals surface area (Å²) in [5, 5.41) is 23.7. The molecule has 0 radical (unpaired) electrons. The molecule has 206 valence electrons. The number of carbonyl (C=O) groups is 2. The molecular formula is C30H35N3O6. The van der Waals surface area contributed by atoms with Crippen LogP contribution < -0.4 is 15.4 Å². The number of nitrogens with zero attached hydrogens (tertiary/aromatic N) is 1. The first-order valence-electron chi connectivity index (χ1n) is 13.0. The highest BCUT2D eigenvalue weighted by molar-refractivity contribution is 5.93. The largest absolute Gasteiger partial charge is 0.457 e. The average Bonchev–Trinajstić information content (AvgIpc) is 2.91. The SMILES string of the molecule is CC(C)(C)c1cccc(NC(=O)C2CCc3ccc(Oc4ccnc(NC(=O)OCC(O)CO)c4)cc3C2)c1. The third-order valence-electron chi connectivity index (χ3n) is 6.59. The maximum Gasteiger partial charge on any atom is 0.412 e. The lowest BCUT2D eigenvalue weighted by Gasteiger charge is -2.25. The molecule has 9 heteroatoms. The van der Waals surface area contributed by atoms with Crippen LogP contribution in [0.4, 0.5) is 16.3 Å². The van der Waals surface area contributed by atoms with E-state index in [4.69, 9.17) is 14.6 Å². The zero-order valence-electron chi connectivity index (χ0n) is 22.4. The molecule has 4 rings (SSSR count). The van der Waals surface area contributed by atoms with Crippen LogP contribution in [0.1, 0.15) is 43.9 Å². The summed E-state index contributed by atoms with van der Waals surface area (Å²) >= 11 is 0. The van der Waals surface area contributed by atoms with Gasteiger partial charge in [-0.1, -0.05) is 39.0 Å². The number of amides is 2. The van der Waals surface area contributed by atoms with Gasteiger partial charge in [0, 0.05) is 23.9 Å². The Morgan fingerprint density at radius 3 is 2.62 bits per heavy atom. The number of carbonyl (C=O) groups excluding carboxylic acids is 2. The van der Waals surface area contributed by atoms with Gasteiger partial charge in [-0.2, -0.15) is 0 Å². The number of ether oxygens (including phenoxy) is 2. The molecular weight excluding hydrogens is 498 g/mol. The Labute approximate surface area is 228 Å². The van der Waals surface area contributed by atoms with Gasteiger partial charge < -0.3 is 25.0 Å². The van der Waals surface area contributed by atoms with Crippen LogP contribution in [-0.2, 0) is 27.8 Å². The molecule has 2 amide bonds. The van der Waals surface area contributed by atoms with Gasteiger partial charge in [0.25, 0.3) is 0 Å². The van der Waals surface area contributed by atoms with Crippen molar-refractivity contribution >= 4 is 23.5 Å². The topological polar surface area (TPSA) is 130 Å². The minimum absolute atomic E-state index is 0.000265. The molecule has 0 aliphatic heterocycles. The normalized spacial score (nSPS) is 15.6. The number of nitrogens with one attached hydrogen (secondary N) is 2. The van der Waals surface area contributed by atoms with Crippen molar-refractivity contribution in [3.63, 3.8) is 0 Å². The van der Waals surface area contributed by atoms with Gasteiger partial charge in [-0.3, -0.25) is 10.1 Å². The molecule has 1 aliphatic carbocycles. The van der Waals surface area contributed by atoms with Crippen LogP contribution in [0.15, 0.2) is 60.8 Å². The zero-order valence-corrected chi connectivity index (χ0v) is 22.4. The van der Waals surface area contributed by atoms with Crippen molar-refractivity contribution in [3.8, 4) is 11.5 Å².